The molecule has 0 aromatic heterocycles. The predicted molar refractivity (Wildman–Crippen MR) is 68.5 cm³/mol. The second kappa shape index (κ2) is 4.22. The van der Waals surface area contributed by atoms with E-state index in [2.05, 4.69) is 0 Å². The van der Waals surface area contributed by atoms with Gasteiger partial charge in [-0.15, -0.1) is 0 Å². The maximum Gasteiger partial charge on any atom is 0.163 e. The molecule has 2 rings (SSSR count). The summed E-state index contributed by atoms with van der Waals surface area (Å²) in [4.78, 5) is 0. The van der Waals surface area contributed by atoms with Crippen molar-refractivity contribution in [2.75, 3.05) is 7.11 Å². The lowest BCUT2D eigenvalue weighted by molar-refractivity contribution is 0.354. The molecule has 0 spiro atoms. The molecule has 1 fully saturated rings. The van der Waals surface area contributed by atoms with Crippen LogP contribution in [0.25, 0.3) is 0 Å². The standard InChI is InChI=1S/C14H21NO2/c1-9-8-11(17-3)13(16)12(10(9)2)14(15)6-4-5-7-14/h8,16H,4-7,15H2,1-3H3. The molecule has 1 aromatic rings. The minimum atomic E-state index is -0.381. The number of rotatable bonds is 2. The van der Waals surface area contributed by atoms with Crippen molar-refractivity contribution in [3.05, 3.63) is 22.8 Å². The molecule has 0 bridgehead atoms. The normalized spacial score (nSPS) is 18.4. The van der Waals surface area contributed by atoms with Gasteiger partial charge in [-0.25, -0.2) is 0 Å². The van der Waals surface area contributed by atoms with E-state index in [-0.39, 0.29) is 11.3 Å². The fraction of sp³-hybridized carbons (Fsp3) is 0.571. The highest BCUT2D eigenvalue weighted by Crippen LogP contribution is 2.46. The van der Waals surface area contributed by atoms with Crippen molar-refractivity contribution in [2.45, 2.75) is 45.1 Å². The number of methoxy groups -OCH3 is 1. The number of hydrogen-bond acceptors (Lipinski definition) is 3. The first-order valence-electron chi connectivity index (χ1n) is 6.16. The third-order valence-electron chi connectivity index (χ3n) is 4.00. The van der Waals surface area contributed by atoms with Crippen molar-refractivity contribution >= 4 is 0 Å². The van der Waals surface area contributed by atoms with E-state index in [1.807, 2.05) is 19.9 Å². The molecule has 3 heteroatoms. The van der Waals surface area contributed by atoms with E-state index < -0.39 is 0 Å². The molecule has 0 saturated heterocycles. The molecular formula is C14H21NO2. The van der Waals surface area contributed by atoms with Gasteiger partial charge >= 0.3 is 0 Å². The molecule has 0 aliphatic heterocycles. The van der Waals surface area contributed by atoms with E-state index in [1.165, 1.54) is 0 Å². The Morgan fingerprint density at radius 2 is 1.88 bits per heavy atom. The number of hydrogen-bond donors (Lipinski definition) is 2. The molecule has 1 aromatic carbocycles. The second-order valence-corrected chi connectivity index (χ2v) is 5.11. The van der Waals surface area contributed by atoms with Gasteiger partial charge in [0.1, 0.15) is 0 Å². The Bertz CT molecular complexity index is 434. The van der Waals surface area contributed by atoms with Crippen LogP contribution in [0.1, 0.15) is 42.4 Å². The second-order valence-electron chi connectivity index (χ2n) is 5.11. The van der Waals surface area contributed by atoms with Crippen LogP contribution in [0, 0.1) is 13.8 Å². The van der Waals surface area contributed by atoms with Gasteiger partial charge in [-0.3, -0.25) is 0 Å². The Kier molecular flexibility index (Phi) is 3.04. The van der Waals surface area contributed by atoms with E-state index in [0.717, 1.165) is 42.4 Å². The number of phenolic OH excluding ortho intramolecular Hbond substituents is 1. The number of ether oxygens (including phenoxy) is 1. The van der Waals surface area contributed by atoms with Crippen molar-refractivity contribution in [2.24, 2.45) is 5.73 Å². The number of benzene rings is 1. The average molecular weight is 235 g/mol. The minimum Gasteiger partial charge on any atom is -0.504 e. The quantitative estimate of drug-likeness (QED) is 0.828. The molecule has 17 heavy (non-hydrogen) atoms. The van der Waals surface area contributed by atoms with Crippen LogP contribution < -0.4 is 10.5 Å². The highest BCUT2D eigenvalue weighted by Gasteiger charge is 2.36. The first-order valence-corrected chi connectivity index (χ1v) is 6.16. The fourth-order valence-corrected chi connectivity index (χ4v) is 2.89. The predicted octanol–water partition coefficient (Wildman–Crippen LogP) is 2.75. The number of nitrogens with two attached hydrogens (primary N) is 1. The summed E-state index contributed by atoms with van der Waals surface area (Å²) >= 11 is 0. The van der Waals surface area contributed by atoms with Gasteiger partial charge in [0.2, 0.25) is 0 Å². The Labute approximate surface area is 103 Å². The molecule has 94 valence electrons. The van der Waals surface area contributed by atoms with Crippen molar-refractivity contribution < 1.29 is 9.84 Å². The van der Waals surface area contributed by atoms with Gasteiger partial charge in [-0.2, -0.15) is 0 Å². The molecule has 1 saturated carbocycles. The van der Waals surface area contributed by atoms with E-state index in [9.17, 15) is 5.11 Å². The molecule has 0 unspecified atom stereocenters. The Balaban J connectivity index is 2.62. The van der Waals surface area contributed by atoms with Gasteiger partial charge in [0.25, 0.3) is 0 Å². The summed E-state index contributed by atoms with van der Waals surface area (Å²) in [6.07, 6.45) is 4.14. The zero-order valence-electron chi connectivity index (χ0n) is 10.8. The third kappa shape index (κ3) is 1.89. The summed E-state index contributed by atoms with van der Waals surface area (Å²) in [7, 11) is 1.57. The smallest absolute Gasteiger partial charge is 0.163 e. The van der Waals surface area contributed by atoms with Gasteiger partial charge in [0, 0.05) is 11.1 Å². The summed E-state index contributed by atoms with van der Waals surface area (Å²) in [6, 6.07) is 1.87. The van der Waals surface area contributed by atoms with Crippen LogP contribution in [0.15, 0.2) is 6.07 Å². The van der Waals surface area contributed by atoms with Crippen LogP contribution in [0.2, 0.25) is 0 Å². The van der Waals surface area contributed by atoms with Crippen LogP contribution in [-0.4, -0.2) is 12.2 Å². The first kappa shape index (κ1) is 12.2. The summed E-state index contributed by atoms with van der Waals surface area (Å²) in [6.45, 7) is 4.05. The summed E-state index contributed by atoms with van der Waals surface area (Å²) in [5, 5.41) is 10.3. The molecule has 1 aliphatic carbocycles. The lowest BCUT2D eigenvalue weighted by Crippen LogP contribution is -2.34. The van der Waals surface area contributed by atoms with Gasteiger partial charge in [0.05, 0.1) is 7.11 Å². The maximum atomic E-state index is 10.3. The van der Waals surface area contributed by atoms with Gasteiger partial charge < -0.3 is 15.6 Å². The summed E-state index contributed by atoms with van der Waals surface area (Å²) < 4.78 is 5.22. The Hall–Kier alpha value is -1.22. The molecule has 3 N–H and O–H groups in total. The molecule has 0 amide bonds. The Morgan fingerprint density at radius 3 is 2.41 bits per heavy atom. The molecule has 1 aliphatic rings. The van der Waals surface area contributed by atoms with Crippen LogP contribution >= 0.6 is 0 Å². The van der Waals surface area contributed by atoms with E-state index in [4.69, 9.17) is 10.5 Å². The van der Waals surface area contributed by atoms with E-state index in [0.29, 0.717) is 5.75 Å². The lowest BCUT2D eigenvalue weighted by atomic mass is 9.83. The molecule has 3 nitrogen and oxygen atoms in total. The van der Waals surface area contributed by atoms with Gasteiger partial charge in [-0.05, 0) is 43.9 Å². The van der Waals surface area contributed by atoms with Crippen LogP contribution in [-0.2, 0) is 5.54 Å². The van der Waals surface area contributed by atoms with Crippen molar-refractivity contribution in [3.63, 3.8) is 0 Å². The lowest BCUT2D eigenvalue weighted by Gasteiger charge is -2.28. The Morgan fingerprint density at radius 1 is 1.29 bits per heavy atom. The van der Waals surface area contributed by atoms with Crippen LogP contribution in [0.3, 0.4) is 0 Å². The minimum absolute atomic E-state index is 0.222. The first-order chi connectivity index (χ1) is 7.99. The van der Waals surface area contributed by atoms with E-state index >= 15 is 0 Å². The molecule has 0 radical (unpaired) electrons. The van der Waals surface area contributed by atoms with Crippen molar-refractivity contribution in [3.8, 4) is 11.5 Å². The van der Waals surface area contributed by atoms with Gasteiger partial charge in [0.15, 0.2) is 11.5 Å². The number of phenols is 1. The zero-order valence-corrected chi connectivity index (χ0v) is 10.8. The monoisotopic (exact) mass is 235 g/mol. The van der Waals surface area contributed by atoms with Crippen LogP contribution in [0.5, 0.6) is 11.5 Å². The van der Waals surface area contributed by atoms with Gasteiger partial charge in [-0.1, -0.05) is 12.8 Å². The maximum absolute atomic E-state index is 10.3. The number of aromatic hydroxyl groups is 1. The highest BCUT2D eigenvalue weighted by molar-refractivity contribution is 5.56. The molecular weight excluding hydrogens is 214 g/mol. The zero-order chi connectivity index (χ0) is 12.6. The highest BCUT2D eigenvalue weighted by atomic mass is 16.5. The molecule has 0 atom stereocenters. The summed E-state index contributed by atoms with van der Waals surface area (Å²) in [5.74, 6) is 0.750. The average Bonchev–Trinajstić information content (AvgIpc) is 2.71. The summed E-state index contributed by atoms with van der Waals surface area (Å²) in [5.41, 5.74) is 9.17. The van der Waals surface area contributed by atoms with Crippen LogP contribution in [0.4, 0.5) is 0 Å². The van der Waals surface area contributed by atoms with Crippen molar-refractivity contribution in [1.29, 1.82) is 0 Å². The fourth-order valence-electron chi connectivity index (χ4n) is 2.89. The van der Waals surface area contributed by atoms with E-state index in [1.54, 1.807) is 7.11 Å². The topological polar surface area (TPSA) is 55.5 Å². The SMILES string of the molecule is COc1cc(C)c(C)c(C2(N)CCCC2)c1O. The number of aryl methyl sites for hydroxylation is 1. The molecule has 0 heterocycles. The third-order valence-corrected chi connectivity index (χ3v) is 4.00. The van der Waals surface area contributed by atoms with Crippen molar-refractivity contribution in [1.82, 2.24) is 0 Å². The largest absolute Gasteiger partial charge is 0.504 e.